The lowest BCUT2D eigenvalue weighted by molar-refractivity contribution is -0.143. The van der Waals surface area contributed by atoms with Gasteiger partial charge in [0.25, 0.3) is 0 Å². The molecular weight excluding hydrogens is 404 g/mol. The van der Waals surface area contributed by atoms with Crippen molar-refractivity contribution in [2.45, 2.75) is 46.1 Å². The number of carbonyl (C=O) groups excluding carboxylic acids is 1. The molecule has 0 radical (unpaired) electrons. The van der Waals surface area contributed by atoms with Crippen LogP contribution in [-0.4, -0.2) is 26.3 Å². The highest BCUT2D eigenvalue weighted by Gasteiger charge is 2.21. The highest BCUT2D eigenvalue weighted by Crippen LogP contribution is 2.40. The van der Waals surface area contributed by atoms with E-state index in [1.807, 2.05) is 44.2 Å². The standard InChI is InChI=1S/C27H32O5/c1-4-31-25(28)13-9-6-10-18-30-19-24-20(2)32-27(22-11-7-5-8-12-22)26(24)21-14-16-23(29-3)17-15-21/h5,7-8,11-12,14-17H,4,6,9-10,13,18-19H2,1-3H3. The number of furan rings is 1. The Morgan fingerprint density at radius 1 is 0.938 bits per heavy atom. The minimum absolute atomic E-state index is 0.125. The van der Waals surface area contributed by atoms with Gasteiger partial charge in [0.15, 0.2) is 0 Å². The summed E-state index contributed by atoms with van der Waals surface area (Å²) in [5, 5.41) is 0. The Morgan fingerprint density at radius 2 is 1.69 bits per heavy atom. The van der Waals surface area contributed by atoms with Crippen molar-refractivity contribution in [2.75, 3.05) is 20.3 Å². The Labute approximate surface area is 190 Å². The number of aryl methyl sites for hydroxylation is 1. The van der Waals surface area contributed by atoms with E-state index in [-0.39, 0.29) is 5.97 Å². The largest absolute Gasteiger partial charge is 0.497 e. The smallest absolute Gasteiger partial charge is 0.305 e. The minimum Gasteiger partial charge on any atom is -0.497 e. The van der Waals surface area contributed by atoms with Crippen molar-refractivity contribution < 1.29 is 23.4 Å². The summed E-state index contributed by atoms with van der Waals surface area (Å²) in [4.78, 5) is 11.4. The number of ether oxygens (including phenoxy) is 3. The summed E-state index contributed by atoms with van der Waals surface area (Å²) in [6, 6.07) is 18.1. The second-order valence-corrected chi connectivity index (χ2v) is 7.60. The number of methoxy groups -OCH3 is 1. The number of esters is 1. The van der Waals surface area contributed by atoms with Crippen LogP contribution >= 0.6 is 0 Å². The first kappa shape index (κ1) is 23.6. The van der Waals surface area contributed by atoms with E-state index < -0.39 is 0 Å². The molecular formula is C27H32O5. The van der Waals surface area contributed by atoms with Gasteiger partial charge in [0, 0.05) is 29.7 Å². The molecule has 0 aliphatic rings. The van der Waals surface area contributed by atoms with E-state index in [2.05, 4.69) is 24.3 Å². The molecule has 5 nitrogen and oxygen atoms in total. The SMILES string of the molecule is CCOC(=O)CCCCCOCc1c(C)oc(-c2ccccc2)c1-c1ccc(OC)cc1. The molecule has 0 fully saturated rings. The molecule has 1 aromatic heterocycles. The van der Waals surface area contributed by atoms with Gasteiger partial charge >= 0.3 is 5.97 Å². The average Bonchev–Trinajstić information content (AvgIpc) is 3.15. The van der Waals surface area contributed by atoms with Crippen molar-refractivity contribution in [1.82, 2.24) is 0 Å². The molecule has 32 heavy (non-hydrogen) atoms. The first-order valence-corrected chi connectivity index (χ1v) is 11.2. The van der Waals surface area contributed by atoms with Crippen molar-refractivity contribution in [3.05, 3.63) is 65.9 Å². The van der Waals surface area contributed by atoms with Crippen LogP contribution < -0.4 is 4.74 Å². The fraction of sp³-hybridized carbons (Fsp3) is 0.370. The topological polar surface area (TPSA) is 57.9 Å². The molecule has 0 N–H and O–H groups in total. The molecule has 0 saturated carbocycles. The average molecular weight is 437 g/mol. The van der Waals surface area contributed by atoms with Crippen LogP contribution in [0.5, 0.6) is 5.75 Å². The van der Waals surface area contributed by atoms with E-state index in [1.165, 1.54) is 0 Å². The van der Waals surface area contributed by atoms with Crippen molar-refractivity contribution in [2.24, 2.45) is 0 Å². The summed E-state index contributed by atoms with van der Waals surface area (Å²) in [5.74, 6) is 2.40. The zero-order chi connectivity index (χ0) is 22.8. The Morgan fingerprint density at radius 3 is 2.38 bits per heavy atom. The maximum atomic E-state index is 11.4. The summed E-state index contributed by atoms with van der Waals surface area (Å²) in [6.07, 6.45) is 3.13. The van der Waals surface area contributed by atoms with Crippen LogP contribution in [0.1, 0.15) is 43.9 Å². The van der Waals surface area contributed by atoms with Crippen molar-refractivity contribution >= 4 is 5.97 Å². The maximum absolute atomic E-state index is 11.4. The predicted molar refractivity (Wildman–Crippen MR) is 126 cm³/mol. The molecule has 0 bridgehead atoms. The number of benzene rings is 2. The van der Waals surface area contributed by atoms with Gasteiger partial charge < -0.3 is 18.6 Å². The summed E-state index contributed by atoms with van der Waals surface area (Å²) in [6.45, 7) is 5.36. The number of hydrogen-bond donors (Lipinski definition) is 0. The summed E-state index contributed by atoms with van der Waals surface area (Å²) < 4.78 is 22.5. The third-order valence-electron chi connectivity index (χ3n) is 5.34. The molecule has 0 atom stereocenters. The summed E-state index contributed by atoms with van der Waals surface area (Å²) in [7, 11) is 1.67. The Hall–Kier alpha value is -3.05. The van der Waals surface area contributed by atoms with Crippen LogP contribution in [0, 0.1) is 6.92 Å². The molecule has 0 aliphatic carbocycles. The number of unbranched alkanes of at least 4 members (excludes halogenated alkanes) is 2. The highest BCUT2D eigenvalue weighted by molar-refractivity contribution is 5.83. The van der Waals surface area contributed by atoms with Crippen LogP contribution in [0.15, 0.2) is 59.0 Å². The zero-order valence-electron chi connectivity index (χ0n) is 19.2. The van der Waals surface area contributed by atoms with E-state index in [0.29, 0.717) is 26.2 Å². The molecule has 170 valence electrons. The lowest BCUT2D eigenvalue weighted by Crippen LogP contribution is -2.03. The lowest BCUT2D eigenvalue weighted by atomic mass is 9.97. The minimum atomic E-state index is -0.125. The molecule has 3 aromatic rings. The molecule has 1 heterocycles. The molecule has 0 saturated heterocycles. The van der Waals surface area contributed by atoms with Crippen LogP contribution in [0.4, 0.5) is 0 Å². The van der Waals surface area contributed by atoms with Crippen LogP contribution in [0.25, 0.3) is 22.5 Å². The van der Waals surface area contributed by atoms with Crippen molar-refractivity contribution in [3.8, 4) is 28.2 Å². The van der Waals surface area contributed by atoms with Gasteiger partial charge in [0.2, 0.25) is 0 Å². The first-order valence-electron chi connectivity index (χ1n) is 11.2. The Kier molecular flexibility index (Phi) is 8.93. The molecule has 0 spiro atoms. The Balaban J connectivity index is 1.70. The van der Waals surface area contributed by atoms with Crippen molar-refractivity contribution in [3.63, 3.8) is 0 Å². The van der Waals surface area contributed by atoms with Gasteiger partial charge in [-0.3, -0.25) is 4.79 Å². The highest BCUT2D eigenvalue weighted by atomic mass is 16.5. The maximum Gasteiger partial charge on any atom is 0.305 e. The van der Waals surface area contributed by atoms with Gasteiger partial charge in [-0.05, 0) is 44.4 Å². The molecule has 3 rings (SSSR count). The Bertz CT molecular complexity index is 973. The second kappa shape index (κ2) is 12.1. The van der Waals surface area contributed by atoms with E-state index in [4.69, 9.17) is 18.6 Å². The quantitative estimate of drug-likeness (QED) is 0.237. The van der Waals surface area contributed by atoms with Gasteiger partial charge in [-0.2, -0.15) is 0 Å². The summed E-state index contributed by atoms with van der Waals surface area (Å²) >= 11 is 0. The van der Waals surface area contributed by atoms with Gasteiger partial charge in [-0.1, -0.05) is 48.9 Å². The van der Waals surface area contributed by atoms with E-state index >= 15 is 0 Å². The zero-order valence-corrected chi connectivity index (χ0v) is 19.2. The third-order valence-corrected chi connectivity index (χ3v) is 5.34. The molecule has 0 unspecified atom stereocenters. The monoisotopic (exact) mass is 436 g/mol. The molecule has 5 heteroatoms. The fourth-order valence-electron chi connectivity index (χ4n) is 3.67. The summed E-state index contributed by atoms with van der Waals surface area (Å²) in [5.41, 5.74) is 4.21. The number of hydrogen-bond acceptors (Lipinski definition) is 5. The molecule has 0 amide bonds. The van der Waals surface area contributed by atoms with Crippen molar-refractivity contribution in [1.29, 1.82) is 0 Å². The van der Waals surface area contributed by atoms with E-state index in [9.17, 15) is 4.79 Å². The lowest BCUT2D eigenvalue weighted by Gasteiger charge is -2.09. The van der Waals surface area contributed by atoms with Crippen LogP contribution in [-0.2, 0) is 20.9 Å². The first-order chi connectivity index (χ1) is 15.6. The number of rotatable bonds is 12. The normalized spacial score (nSPS) is 10.8. The fourth-order valence-corrected chi connectivity index (χ4v) is 3.67. The number of carbonyl (C=O) groups is 1. The third kappa shape index (κ3) is 6.24. The van der Waals surface area contributed by atoms with E-state index in [1.54, 1.807) is 7.11 Å². The predicted octanol–water partition coefficient (Wildman–Crippen LogP) is 6.57. The van der Waals surface area contributed by atoms with E-state index in [0.717, 1.165) is 58.8 Å². The van der Waals surface area contributed by atoms with Crippen LogP contribution in [0.2, 0.25) is 0 Å². The molecule has 0 aliphatic heterocycles. The van der Waals surface area contributed by atoms with Gasteiger partial charge in [0.1, 0.15) is 17.3 Å². The van der Waals surface area contributed by atoms with Gasteiger partial charge in [0.05, 0.1) is 20.3 Å². The van der Waals surface area contributed by atoms with Gasteiger partial charge in [-0.25, -0.2) is 0 Å². The van der Waals surface area contributed by atoms with Crippen LogP contribution in [0.3, 0.4) is 0 Å². The molecule has 2 aromatic carbocycles. The van der Waals surface area contributed by atoms with Gasteiger partial charge in [-0.15, -0.1) is 0 Å². The second-order valence-electron chi connectivity index (χ2n) is 7.60.